The maximum atomic E-state index is 13.5. The summed E-state index contributed by atoms with van der Waals surface area (Å²) in [4.78, 5) is 32.7. The molecule has 0 aliphatic carbocycles. The monoisotopic (exact) mass is 603 g/mol. The van der Waals surface area contributed by atoms with E-state index in [0.29, 0.717) is 61.6 Å². The highest BCUT2D eigenvalue weighted by molar-refractivity contribution is 6.31. The summed E-state index contributed by atoms with van der Waals surface area (Å²) in [6, 6.07) is 19.7. The zero-order valence-corrected chi connectivity index (χ0v) is 25.4. The number of halogens is 1. The highest BCUT2D eigenvalue weighted by Crippen LogP contribution is 2.29. The van der Waals surface area contributed by atoms with E-state index in [4.69, 9.17) is 16.3 Å². The Morgan fingerprint density at radius 2 is 1.84 bits per heavy atom. The van der Waals surface area contributed by atoms with Gasteiger partial charge in [-0.2, -0.15) is 0 Å². The van der Waals surface area contributed by atoms with Crippen LogP contribution in [0.1, 0.15) is 50.3 Å². The van der Waals surface area contributed by atoms with Crippen molar-refractivity contribution in [3.63, 3.8) is 0 Å². The number of morpholine rings is 1. The molecule has 1 atom stereocenters. The van der Waals surface area contributed by atoms with Crippen LogP contribution in [0, 0.1) is 0 Å². The number of piperidine rings is 1. The third-order valence-electron chi connectivity index (χ3n) is 8.69. The van der Waals surface area contributed by atoms with Gasteiger partial charge in [-0.25, -0.2) is 4.98 Å². The zero-order valence-electron chi connectivity index (χ0n) is 24.6. The van der Waals surface area contributed by atoms with Gasteiger partial charge in [0.05, 0.1) is 35.8 Å². The topological polar surface area (TPSA) is 102 Å². The lowest BCUT2D eigenvalue weighted by Gasteiger charge is -2.38. The number of carbonyl (C=O) groups is 1. The fourth-order valence-electron chi connectivity index (χ4n) is 6.00. The van der Waals surface area contributed by atoms with E-state index in [9.17, 15) is 14.7 Å². The van der Waals surface area contributed by atoms with E-state index in [1.54, 1.807) is 10.6 Å². The summed E-state index contributed by atoms with van der Waals surface area (Å²) in [5, 5.41) is 15.7. The van der Waals surface area contributed by atoms with E-state index in [2.05, 4.69) is 24.1 Å². The highest BCUT2D eigenvalue weighted by atomic mass is 35.5. The van der Waals surface area contributed by atoms with E-state index in [0.717, 1.165) is 23.4 Å². The molecule has 2 N–H and O–H groups in total. The van der Waals surface area contributed by atoms with E-state index >= 15 is 0 Å². The van der Waals surface area contributed by atoms with Gasteiger partial charge in [-0.15, -0.1) is 0 Å². The van der Waals surface area contributed by atoms with Gasteiger partial charge < -0.3 is 20.1 Å². The van der Waals surface area contributed by atoms with E-state index < -0.39 is 5.60 Å². The molecule has 43 heavy (non-hydrogen) atoms. The number of benzene rings is 2. The number of aliphatic hydroxyl groups is 1. The smallest absolute Gasteiger partial charge is 0.262 e. The van der Waals surface area contributed by atoms with Crippen molar-refractivity contribution >= 4 is 28.5 Å². The van der Waals surface area contributed by atoms with Crippen LogP contribution in [-0.4, -0.2) is 67.5 Å². The lowest BCUT2D eigenvalue weighted by molar-refractivity contribution is -0.135. The second kappa shape index (κ2) is 11.9. The van der Waals surface area contributed by atoms with Crippen LogP contribution in [0.5, 0.6) is 0 Å². The van der Waals surface area contributed by atoms with Crippen LogP contribution in [0.3, 0.4) is 0 Å². The van der Waals surface area contributed by atoms with Crippen LogP contribution in [0.4, 0.5) is 0 Å². The van der Waals surface area contributed by atoms with Crippen LogP contribution < -0.4 is 10.9 Å². The summed E-state index contributed by atoms with van der Waals surface area (Å²) in [6.45, 7) is 6.50. The molecule has 2 aromatic heterocycles. The van der Waals surface area contributed by atoms with E-state index in [1.165, 1.54) is 10.9 Å². The van der Waals surface area contributed by atoms with Crippen molar-refractivity contribution in [2.75, 3.05) is 26.2 Å². The molecule has 2 aliphatic heterocycles. The van der Waals surface area contributed by atoms with Crippen molar-refractivity contribution in [3.05, 3.63) is 93.6 Å². The number of amides is 1. The summed E-state index contributed by atoms with van der Waals surface area (Å²) in [5.74, 6) is 0.0856. The Morgan fingerprint density at radius 3 is 2.51 bits per heavy atom. The molecule has 2 saturated heterocycles. The van der Waals surface area contributed by atoms with Crippen molar-refractivity contribution in [2.24, 2.45) is 0 Å². The molecule has 0 bridgehead atoms. The molecule has 6 rings (SSSR count). The standard InChI is InChI=1S/C33H38ClN5O4/c1-32(2)20-35-27(19-43-32)24-9-11-25(12-10-24)39-28(34)18-26-30(39)36-22-38(31(26)41)21-33(42)14-16-37(17-15-33)29(40)13-8-23-6-4-3-5-7-23/h3-7,9-12,18,22,27,35,42H,8,13-17,19-21H2,1-2H3. The molecule has 9 nitrogen and oxygen atoms in total. The number of nitrogens with zero attached hydrogens (tertiary/aromatic N) is 4. The molecule has 1 amide bonds. The maximum Gasteiger partial charge on any atom is 0.262 e. The van der Waals surface area contributed by atoms with Crippen molar-refractivity contribution in [2.45, 2.75) is 63.3 Å². The van der Waals surface area contributed by atoms with Gasteiger partial charge in [-0.05, 0) is 62.4 Å². The van der Waals surface area contributed by atoms with E-state index in [-0.39, 0.29) is 29.7 Å². The lowest BCUT2D eigenvalue weighted by atomic mass is 9.91. The van der Waals surface area contributed by atoms with Crippen molar-refractivity contribution in [3.8, 4) is 5.69 Å². The number of fused-ring (bicyclic) bond motifs is 1. The maximum absolute atomic E-state index is 13.5. The molecule has 2 fully saturated rings. The van der Waals surface area contributed by atoms with Gasteiger partial charge in [0.15, 0.2) is 5.65 Å². The van der Waals surface area contributed by atoms with Crippen LogP contribution in [0.2, 0.25) is 5.15 Å². The molecule has 0 saturated carbocycles. The number of carbonyl (C=O) groups excluding carboxylic acids is 1. The summed E-state index contributed by atoms with van der Waals surface area (Å²) in [5.41, 5.74) is 1.96. The quantitative estimate of drug-likeness (QED) is 0.327. The zero-order chi connectivity index (χ0) is 30.2. The average molecular weight is 604 g/mol. The molecule has 226 valence electrons. The van der Waals surface area contributed by atoms with Gasteiger partial charge in [-0.3, -0.25) is 18.7 Å². The largest absolute Gasteiger partial charge is 0.388 e. The summed E-state index contributed by atoms with van der Waals surface area (Å²) in [7, 11) is 0. The molecule has 1 unspecified atom stereocenters. The fourth-order valence-corrected chi connectivity index (χ4v) is 6.29. The molecular formula is C33H38ClN5O4. The Balaban J connectivity index is 1.12. The molecule has 10 heteroatoms. The van der Waals surface area contributed by atoms with Gasteiger partial charge in [0, 0.05) is 31.7 Å². The second-order valence-corrected chi connectivity index (χ2v) is 12.8. The van der Waals surface area contributed by atoms with Gasteiger partial charge >= 0.3 is 0 Å². The Hall–Kier alpha value is -3.50. The van der Waals surface area contributed by atoms with Crippen LogP contribution in [-0.2, 0) is 22.5 Å². The fraction of sp³-hybridized carbons (Fsp3) is 0.424. The first-order valence-corrected chi connectivity index (χ1v) is 15.3. The van der Waals surface area contributed by atoms with E-state index in [1.807, 2.05) is 59.5 Å². The number of nitrogens with one attached hydrogen (secondary N) is 1. The molecule has 0 radical (unpaired) electrons. The summed E-state index contributed by atoms with van der Waals surface area (Å²) >= 11 is 6.63. The van der Waals surface area contributed by atoms with Gasteiger partial charge in [0.2, 0.25) is 5.91 Å². The SMILES string of the molecule is CC1(C)CNC(c2ccc(-n3c(Cl)cc4c(=O)n(CC5(O)CCN(C(=O)CCc6ccccc6)CC5)cnc43)cc2)CO1. The minimum Gasteiger partial charge on any atom is -0.388 e. The van der Waals surface area contributed by atoms with Gasteiger partial charge in [0.1, 0.15) is 11.5 Å². The first kappa shape index (κ1) is 29.6. The minimum absolute atomic E-state index is 0.0856. The lowest BCUT2D eigenvalue weighted by Crippen LogP contribution is -2.49. The van der Waals surface area contributed by atoms with Crippen molar-refractivity contribution < 1.29 is 14.6 Å². The third kappa shape index (κ3) is 6.40. The first-order valence-electron chi connectivity index (χ1n) is 14.9. The Bertz CT molecular complexity index is 1650. The van der Waals surface area contributed by atoms with Gasteiger partial charge in [-0.1, -0.05) is 54.1 Å². The number of rotatable bonds is 7. The Kier molecular flexibility index (Phi) is 8.17. The number of ether oxygens (including phenoxy) is 1. The molecule has 0 spiro atoms. The minimum atomic E-state index is -1.11. The molecule has 4 aromatic rings. The average Bonchev–Trinajstić information content (AvgIpc) is 3.35. The summed E-state index contributed by atoms with van der Waals surface area (Å²) in [6.07, 6.45) is 3.39. The van der Waals surface area contributed by atoms with Crippen LogP contribution in [0.25, 0.3) is 16.7 Å². The van der Waals surface area contributed by atoms with Crippen LogP contribution in [0.15, 0.2) is 71.8 Å². The highest BCUT2D eigenvalue weighted by Gasteiger charge is 2.35. The number of likely N-dealkylation sites (tertiary alicyclic amines) is 1. The third-order valence-corrected chi connectivity index (χ3v) is 8.97. The molecule has 2 aromatic carbocycles. The second-order valence-electron chi connectivity index (χ2n) is 12.4. The number of hydrogen-bond acceptors (Lipinski definition) is 6. The van der Waals surface area contributed by atoms with Gasteiger partial charge in [0.25, 0.3) is 5.56 Å². The molecular weight excluding hydrogens is 566 g/mol. The number of aromatic nitrogens is 3. The summed E-state index contributed by atoms with van der Waals surface area (Å²) < 4.78 is 9.18. The first-order chi connectivity index (χ1) is 20.6. The number of aryl methyl sites for hydroxylation is 1. The normalized spacial score (nSPS) is 19.9. The van der Waals surface area contributed by atoms with Crippen LogP contribution >= 0.6 is 11.6 Å². The molecule has 2 aliphatic rings. The van der Waals surface area contributed by atoms with Crippen molar-refractivity contribution in [1.82, 2.24) is 24.3 Å². The van der Waals surface area contributed by atoms with Crippen molar-refractivity contribution in [1.29, 1.82) is 0 Å². The predicted octanol–water partition coefficient (Wildman–Crippen LogP) is 4.27. The number of hydrogen-bond donors (Lipinski definition) is 2. The Labute approximate surface area is 256 Å². The predicted molar refractivity (Wildman–Crippen MR) is 167 cm³/mol. The molecule has 4 heterocycles. The Morgan fingerprint density at radius 1 is 1.12 bits per heavy atom.